The molecular formula is C17H18INO2. The van der Waals surface area contributed by atoms with Crippen LogP contribution in [0.15, 0.2) is 48.5 Å². The molecule has 0 heterocycles. The second-order valence-electron chi connectivity index (χ2n) is 5.14. The Morgan fingerprint density at radius 2 is 1.71 bits per heavy atom. The van der Waals surface area contributed by atoms with Gasteiger partial charge in [-0.1, -0.05) is 24.3 Å². The van der Waals surface area contributed by atoms with Crippen molar-refractivity contribution in [1.82, 2.24) is 4.90 Å². The minimum absolute atomic E-state index is 0.307. The smallest absolute Gasteiger partial charge is 0.335 e. The first-order valence-corrected chi connectivity index (χ1v) is 7.83. The third-order valence-corrected chi connectivity index (χ3v) is 4.37. The van der Waals surface area contributed by atoms with Crippen molar-refractivity contribution in [2.75, 3.05) is 7.05 Å². The highest BCUT2D eigenvalue weighted by Gasteiger charge is 2.12. The number of carbonyl (C=O) groups is 1. The van der Waals surface area contributed by atoms with Crippen molar-refractivity contribution < 1.29 is 9.90 Å². The number of hydrogen-bond donors (Lipinski definition) is 1. The van der Waals surface area contributed by atoms with Crippen molar-refractivity contribution in [3.63, 3.8) is 0 Å². The Balaban J connectivity index is 2.04. The standard InChI is InChI=1S/C17H18INO2/c1-12(14-7-9-16(18)10-8-14)19(2)11-13-3-5-15(6-4-13)17(20)21/h3-10,12H,11H2,1-2H3,(H,20,21). The van der Waals surface area contributed by atoms with Crippen LogP contribution >= 0.6 is 22.6 Å². The van der Waals surface area contributed by atoms with Gasteiger partial charge in [0.25, 0.3) is 0 Å². The summed E-state index contributed by atoms with van der Waals surface area (Å²) < 4.78 is 1.23. The van der Waals surface area contributed by atoms with Crippen LogP contribution in [0.4, 0.5) is 0 Å². The Morgan fingerprint density at radius 3 is 2.24 bits per heavy atom. The number of benzene rings is 2. The van der Waals surface area contributed by atoms with Crippen molar-refractivity contribution in [3.8, 4) is 0 Å². The van der Waals surface area contributed by atoms with Gasteiger partial charge >= 0.3 is 5.97 Å². The first-order chi connectivity index (χ1) is 9.97. The van der Waals surface area contributed by atoms with E-state index in [1.807, 2.05) is 12.1 Å². The average molecular weight is 395 g/mol. The van der Waals surface area contributed by atoms with Crippen LogP contribution in [0.2, 0.25) is 0 Å². The van der Waals surface area contributed by atoms with Gasteiger partial charge in [-0.2, -0.15) is 0 Å². The van der Waals surface area contributed by atoms with E-state index in [1.165, 1.54) is 9.13 Å². The van der Waals surface area contributed by atoms with Crippen LogP contribution in [-0.2, 0) is 6.54 Å². The van der Waals surface area contributed by atoms with Gasteiger partial charge in [0.05, 0.1) is 5.56 Å². The molecule has 0 spiro atoms. The van der Waals surface area contributed by atoms with Gasteiger partial charge in [-0.15, -0.1) is 0 Å². The molecule has 21 heavy (non-hydrogen) atoms. The molecule has 0 aromatic heterocycles. The Bertz CT molecular complexity index is 608. The lowest BCUT2D eigenvalue weighted by atomic mass is 10.1. The summed E-state index contributed by atoms with van der Waals surface area (Å²) in [7, 11) is 2.08. The zero-order valence-electron chi connectivity index (χ0n) is 12.1. The first-order valence-electron chi connectivity index (χ1n) is 6.75. The van der Waals surface area contributed by atoms with Crippen LogP contribution in [0, 0.1) is 3.57 Å². The van der Waals surface area contributed by atoms with Gasteiger partial charge in [-0.3, -0.25) is 4.90 Å². The van der Waals surface area contributed by atoms with Crippen molar-refractivity contribution in [3.05, 3.63) is 68.8 Å². The number of carboxylic acids is 1. The summed E-state index contributed by atoms with van der Waals surface area (Å²) in [5.41, 5.74) is 2.71. The Kier molecular flexibility index (Phi) is 5.36. The maximum absolute atomic E-state index is 10.8. The molecule has 2 aromatic rings. The van der Waals surface area contributed by atoms with Gasteiger partial charge in [-0.05, 0) is 72.0 Å². The highest BCUT2D eigenvalue weighted by molar-refractivity contribution is 14.1. The molecule has 4 heteroatoms. The Labute approximate surface area is 138 Å². The summed E-state index contributed by atoms with van der Waals surface area (Å²) >= 11 is 2.30. The first kappa shape index (κ1) is 16.0. The molecular weight excluding hydrogens is 377 g/mol. The molecule has 2 rings (SSSR count). The van der Waals surface area contributed by atoms with E-state index in [0.29, 0.717) is 11.6 Å². The largest absolute Gasteiger partial charge is 0.478 e. The van der Waals surface area contributed by atoms with E-state index in [0.717, 1.165) is 12.1 Å². The van der Waals surface area contributed by atoms with Crippen molar-refractivity contribution in [2.45, 2.75) is 19.5 Å². The number of halogens is 1. The summed E-state index contributed by atoms with van der Waals surface area (Å²) in [5, 5.41) is 8.91. The highest BCUT2D eigenvalue weighted by Crippen LogP contribution is 2.21. The maximum Gasteiger partial charge on any atom is 0.335 e. The van der Waals surface area contributed by atoms with Crippen molar-refractivity contribution in [2.24, 2.45) is 0 Å². The SMILES string of the molecule is CC(c1ccc(I)cc1)N(C)Cc1ccc(C(=O)O)cc1. The fraction of sp³-hybridized carbons (Fsp3) is 0.235. The molecule has 0 aliphatic rings. The minimum atomic E-state index is -0.887. The lowest BCUT2D eigenvalue weighted by Crippen LogP contribution is -2.21. The normalized spacial score (nSPS) is 12.4. The summed E-state index contributed by atoms with van der Waals surface area (Å²) in [6.45, 7) is 2.96. The number of hydrogen-bond acceptors (Lipinski definition) is 2. The third-order valence-electron chi connectivity index (χ3n) is 3.65. The van der Waals surface area contributed by atoms with E-state index in [4.69, 9.17) is 5.11 Å². The van der Waals surface area contributed by atoms with Gasteiger partial charge in [0.15, 0.2) is 0 Å². The molecule has 1 unspecified atom stereocenters. The molecule has 0 bridgehead atoms. The zero-order chi connectivity index (χ0) is 15.4. The number of carboxylic acid groups (broad SMARTS) is 1. The van der Waals surface area contributed by atoms with Gasteiger partial charge in [0, 0.05) is 16.2 Å². The van der Waals surface area contributed by atoms with Crippen molar-refractivity contribution in [1.29, 1.82) is 0 Å². The van der Waals surface area contributed by atoms with Crippen LogP contribution in [0.25, 0.3) is 0 Å². The number of rotatable bonds is 5. The molecule has 0 saturated carbocycles. The summed E-state index contributed by atoms with van der Waals surface area (Å²) in [5.74, 6) is -0.887. The highest BCUT2D eigenvalue weighted by atomic mass is 127. The maximum atomic E-state index is 10.8. The molecule has 110 valence electrons. The molecule has 0 fully saturated rings. The predicted octanol–water partition coefficient (Wildman–Crippen LogP) is 4.18. The van der Waals surface area contributed by atoms with Gasteiger partial charge in [0.2, 0.25) is 0 Å². The van der Waals surface area contributed by atoms with Crippen LogP contribution in [0.3, 0.4) is 0 Å². The average Bonchev–Trinajstić information content (AvgIpc) is 2.47. The summed E-state index contributed by atoms with van der Waals surface area (Å²) in [4.78, 5) is 13.1. The lowest BCUT2D eigenvalue weighted by molar-refractivity contribution is 0.0697. The molecule has 1 N–H and O–H groups in total. The fourth-order valence-electron chi connectivity index (χ4n) is 2.17. The molecule has 1 atom stereocenters. The van der Waals surface area contributed by atoms with Crippen molar-refractivity contribution >= 4 is 28.6 Å². The van der Waals surface area contributed by atoms with E-state index in [2.05, 4.69) is 65.7 Å². The van der Waals surface area contributed by atoms with E-state index in [9.17, 15) is 4.79 Å². The molecule has 2 aromatic carbocycles. The topological polar surface area (TPSA) is 40.5 Å². The second kappa shape index (κ2) is 7.04. The second-order valence-corrected chi connectivity index (χ2v) is 6.39. The lowest BCUT2D eigenvalue weighted by Gasteiger charge is -2.25. The zero-order valence-corrected chi connectivity index (χ0v) is 14.2. The monoisotopic (exact) mass is 395 g/mol. The van der Waals surface area contributed by atoms with E-state index in [-0.39, 0.29) is 0 Å². The molecule has 0 saturated heterocycles. The summed E-state index contributed by atoms with van der Waals surface area (Å²) in [6.07, 6.45) is 0. The molecule has 3 nitrogen and oxygen atoms in total. The van der Waals surface area contributed by atoms with Crippen LogP contribution in [0.1, 0.15) is 34.5 Å². The molecule has 0 aliphatic heterocycles. The van der Waals surface area contributed by atoms with Crippen LogP contribution in [-0.4, -0.2) is 23.0 Å². The quantitative estimate of drug-likeness (QED) is 0.773. The third kappa shape index (κ3) is 4.28. The fourth-order valence-corrected chi connectivity index (χ4v) is 2.53. The summed E-state index contributed by atoms with van der Waals surface area (Å²) in [6, 6.07) is 15.9. The van der Waals surface area contributed by atoms with E-state index >= 15 is 0 Å². The number of nitrogens with zero attached hydrogens (tertiary/aromatic N) is 1. The molecule has 0 radical (unpaired) electrons. The van der Waals surface area contributed by atoms with Crippen LogP contribution < -0.4 is 0 Å². The molecule has 0 aliphatic carbocycles. The van der Waals surface area contributed by atoms with E-state index < -0.39 is 5.97 Å². The minimum Gasteiger partial charge on any atom is -0.478 e. The Hall–Kier alpha value is -1.40. The van der Waals surface area contributed by atoms with Gasteiger partial charge in [-0.25, -0.2) is 4.79 Å². The van der Waals surface area contributed by atoms with Gasteiger partial charge < -0.3 is 5.11 Å². The Morgan fingerprint density at radius 1 is 1.14 bits per heavy atom. The molecule has 0 amide bonds. The predicted molar refractivity (Wildman–Crippen MR) is 92.4 cm³/mol. The van der Waals surface area contributed by atoms with E-state index in [1.54, 1.807) is 12.1 Å². The number of aromatic carboxylic acids is 1. The van der Waals surface area contributed by atoms with Gasteiger partial charge in [0.1, 0.15) is 0 Å². The van der Waals surface area contributed by atoms with Crippen LogP contribution in [0.5, 0.6) is 0 Å².